The van der Waals surface area contributed by atoms with Gasteiger partial charge in [-0.2, -0.15) is 9.61 Å². The van der Waals surface area contributed by atoms with Crippen molar-refractivity contribution in [3.05, 3.63) is 34.6 Å². The molecule has 3 aromatic rings. The number of rotatable bonds is 2. The van der Waals surface area contributed by atoms with Crippen molar-refractivity contribution in [2.24, 2.45) is 0 Å². The van der Waals surface area contributed by atoms with Crippen LogP contribution in [0, 0.1) is 6.92 Å². The van der Waals surface area contributed by atoms with E-state index >= 15 is 0 Å². The first-order valence-corrected chi connectivity index (χ1v) is 9.38. The van der Waals surface area contributed by atoms with Gasteiger partial charge in [0.15, 0.2) is 17.3 Å². The van der Waals surface area contributed by atoms with Gasteiger partial charge in [-0.05, 0) is 38.0 Å². The molecule has 0 radical (unpaired) electrons. The van der Waals surface area contributed by atoms with Crippen molar-refractivity contribution in [2.45, 2.75) is 25.7 Å². The highest BCUT2D eigenvalue weighted by molar-refractivity contribution is 7.16. The third-order valence-electron chi connectivity index (χ3n) is 4.91. The van der Waals surface area contributed by atoms with E-state index < -0.39 is 0 Å². The summed E-state index contributed by atoms with van der Waals surface area (Å²) >= 11 is 1.59. The normalized spacial score (nSPS) is 17.2. The summed E-state index contributed by atoms with van der Waals surface area (Å²) < 4.78 is 12.5. The standard InChI is InChI=1S/C17H17N5O3S/c1-10-18-19-17-22(10)20-15(26-17)11-4-6-21(7-5-11)16(23)12-2-3-13-14(8-12)25-9-24-13/h2-3,8,11H,4-7,9H2,1H3. The van der Waals surface area contributed by atoms with Crippen LogP contribution in [0.3, 0.4) is 0 Å². The molecular formula is C17H17N5O3S. The molecule has 0 spiro atoms. The Labute approximate surface area is 153 Å². The van der Waals surface area contributed by atoms with E-state index in [-0.39, 0.29) is 12.7 Å². The first kappa shape index (κ1) is 15.6. The Kier molecular flexibility index (Phi) is 3.56. The summed E-state index contributed by atoms with van der Waals surface area (Å²) in [5, 5.41) is 13.9. The third kappa shape index (κ3) is 2.50. The molecule has 2 aliphatic rings. The number of carbonyl (C=O) groups excluding carboxylic acids is 1. The molecule has 1 saturated heterocycles. The van der Waals surface area contributed by atoms with Crippen LogP contribution in [-0.2, 0) is 0 Å². The van der Waals surface area contributed by atoms with E-state index in [1.807, 2.05) is 11.8 Å². The Balaban J connectivity index is 1.28. The molecule has 2 aliphatic heterocycles. The average Bonchev–Trinajstić information content (AvgIpc) is 3.38. The molecule has 2 aromatic heterocycles. The first-order chi connectivity index (χ1) is 12.7. The molecule has 26 heavy (non-hydrogen) atoms. The number of amides is 1. The number of nitrogens with zero attached hydrogens (tertiary/aromatic N) is 5. The fourth-order valence-corrected chi connectivity index (χ4v) is 4.49. The highest BCUT2D eigenvalue weighted by Gasteiger charge is 2.28. The number of hydrogen-bond donors (Lipinski definition) is 0. The molecule has 5 rings (SSSR count). The van der Waals surface area contributed by atoms with Crippen LogP contribution in [-0.4, -0.2) is 50.5 Å². The van der Waals surface area contributed by atoms with Gasteiger partial charge < -0.3 is 14.4 Å². The quantitative estimate of drug-likeness (QED) is 0.687. The number of aromatic nitrogens is 4. The molecule has 0 aliphatic carbocycles. The maximum Gasteiger partial charge on any atom is 0.253 e. The maximum atomic E-state index is 12.8. The van der Waals surface area contributed by atoms with E-state index in [0.29, 0.717) is 23.0 Å². The summed E-state index contributed by atoms with van der Waals surface area (Å²) in [7, 11) is 0. The van der Waals surface area contributed by atoms with Crippen molar-refractivity contribution in [1.82, 2.24) is 24.7 Å². The van der Waals surface area contributed by atoms with Crippen molar-refractivity contribution in [3.63, 3.8) is 0 Å². The van der Waals surface area contributed by atoms with Crippen LogP contribution >= 0.6 is 11.3 Å². The highest BCUT2D eigenvalue weighted by Crippen LogP contribution is 2.34. The monoisotopic (exact) mass is 371 g/mol. The van der Waals surface area contributed by atoms with E-state index in [0.717, 1.165) is 41.7 Å². The Hall–Kier alpha value is -2.68. The number of fused-ring (bicyclic) bond motifs is 2. The van der Waals surface area contributed by atoms with E-state index in [9.17, 15) is 4.79 Å². The predicted molar refractivity (Wildman–Crippen MR) is 93.8 cm³/mol. The molecule has 0 N–H and O–H groups in total. The number of ether oxygens (including phenoxy) is 2. The van der Waals surface area contributed by atoms with Gasteiger partial charge in [-0.15, -0.1) is 10.2 Å². The fourth-order valence-electron chi connectivity index (χ4n) is 3.44. The summed E-state index contributed by atoms with van der Waals surface area (Å²) in [6.45, 7) is 3.55. The zero-order valence-corrected chi connectivity index (χ0v) is 15.0. The lowest BCUT2D eigenvalue weighted by Crippen LogP contribution is -2.37. The summed E-state index contributed by atoms with van der Waals surface area (Å²) in [4.78, 5) is 15.5. The van der Waals surface area contributed by atoms with Gasteiger partial charge in [0.1, 0.15) is 5.01 Å². The number of aryl methyl sites for hydroxylation is 1. The van der Waals surface area contributed by atoms with Crippen LogP contribution in [0.15, 0.2) is 18.2 Å². The van der Waals surface area contributed by atoms with Gasteiger partial charge in [-0.3, -0.25) is 4.79 Å². The Bertz CT molecular complexity index is 990. The molecule has 1 fully saturated rings. The summed E-state index contributed by atoms with van der Waals surface area (Å²) in [6.07, 6.45) is 1.80. The van der Waals surface area contributed by atoms with E-state index in [1.54, 1.807) is 34.1 Å². The van der Waals surface area contributed by atoms with Crippen molar-refractivity contribution in [3.8, 4) is 11.5 Å². The third-order valence-corrected chi connectivity index (χ3v) is 5.97. The van der Waals surface area contributed by atoms with Crippen molar-refractivity contribution in [1.29, 1.82) is 0 Å². The van der Waals surface area contributed by atoms with Crippen LogP contribution < -0.4 is 9.47 Å². The smallest absolute Gasteiger partial charge is 0.253 e. The largest absolute Gasteiger partial charge is 0.454 e. The minimum atomic E-state index is 0.0377. The van der Waals surface area contributed by atoms with Gasteiger partial charge >= 0.3 is 0 Å². The molecular weight excluding hydrogens is 354 g/mol. The maximum absolute atomic E-state index is 12.8. The van der Waals surface area contributed by atoms with E-state index in [1.165, 1.54) is 0 Å². The highest BCUT2D eigenvalue weighted by atomic mass is 32.1. The van der Waals surface area contributed by atoms with Crippen molar-refractivity contribution in [2.75, 3.05) is 19.9 Å². The fraction of sp³-hybridized carbons (Fsp3) is 0.412. The SMILES string of the molecule is Cc1nnc2sc(C3CCN(C(=O)c4ccc5c(c4)OCO5)CC3)nn12. The van der Waals surface area contributed by atoms with Crippen LogP contribution in [0.25, 0.3) is 4.96 Å². The Morgan fingerprint density at radius 2 is 2.00 bits per heavy atom. The molecule has 4 heterocycles. The second-order valence-electron chi connectivity index (χ2n) is 6.52. The van der Waals surface area contributed by atoms with Crippen LogP contribution in [0.2, 0.25) is 0 Å². The lowest BCUT2D eigenvalue weighted by molar-refractivity contribution is 0.0712. The lowest BCUT2D eigenvalue weighted by Gasteiger charge is -2.31. The Morgan fingerprint density at radius 1 is 1.19 bits per heavy atom. The molecule has 1 amide bonds. The summed E-state index contributed by atoms with van der Waals surface area (Å²) in [6, 6.07) is 5.36. The van der Waals surface area contributed by atoms with Crippen molar-refractivity contribution >= 4 is 22.2 Å². The second kappa shape index (κ2) is 5.94. The number of piperidine rings is 1. The number of carbonyl (C=O) groups is 1. The lowest BCUT2D eigenvalue weighted by atomic mass is 9.97. The van der Waals surface area contributed by atoms with E-state index in [2.05, 4.69) is 15.3 Å². The van der Waals surface area contributed by atoms with Gasteiger partial charge in [-0.1, -0.05) is 11.3 Å². The second-order valence-corrected chi connectivity index (χ2v) is 7.50. The first-order valence-electron chi connectivity index (χ1n) is 8.57. The summed E-state index contributed by atoms with van der Waals surface area (Å²) in [5.74, 6) is 2.54. The average molecular weight is 371 g/mol. The van der Waals surface area contributed by atoms with Gasteiger partial charge in [0.2, 0.25) is 11.8 Å². The zero-order valence-electron chi connectivity index (χ0n) is 14.2. The van der Waals surface area contributed by atoms with Gasteiger partial charge in [0, 0.05) is 24.6 Å². The molecule has 134 valence electrons. The molecule has 0 saturated carbocycles. The molecule has 1 aromatic carbocycles. The Morgan fingerprint density at radius 3 is 2.81 bits per heavy atom. The minimum Gasteiger partial charge on any atom is -0.454 e. The van der Waals surface area contributed by atoms with Crippen LogP contribution in [0.5, 0.6) is 11.5 Å². The van der Waals surface area contributed by atoms with E-state index in [4.69, 9.17) is 9.47 Å². The number of benzene rings is 1. The predicted octanol–water partition coefficient (Wildman–Crippen LogP) is 2.24. The molecule has 0 bridgehead atoms. The topological polar surface area (TPSA) is 81.9 Å². The van der Waals surface area contributed by atoms with Gasteiger partial charge in [0.05, 0.1) is 0 Å². The van der Waals surface area contributed by atoms with Crippen molar-refractivity contribution < 1.29 is 14.3 Å². The summed E-state index contributed by atoms with van der Waals surface area (Å²) in [5.41, 5.74) is 0.641. The molecule has 9 heteroatoms. The number of likely N-dealkylation sites (tertiary alicyclic amines) is 1. The van der Waals surface area contributed by atoms with Gasteiger partial charge in [0.25, 0.3) is 5.91 Å². The van der Waals surface area contributed by atoms with Crippen LogP contribution in [0.1, 0.15) is 39.9 Å². The minimum absolute atomic E-state index is 0.0377. The van der Waals surface area contributed by atoms with Crippen LogP contribution in [0.4, 0.5) is 0 Å². The molecule has 8 nitrogen and oxygen atoms in total. The zero-order chi connectivity index (χ0) is 17.7. The number of hydrogen-bond acceptors (Lipinski definition) is 7. The molecule has 0 atom stereocenters. The van der Waals surface area contributed by atoms with Gasteiger partial charge in [-0.25, -0.2) is 0 Å². The molecule has 0 unspecified atom stereocenters.